The van der Waals surface area contributed by atoms with E-state index in [1.165, 1.54) is 0 Å². The lowest BCUT2D eigenvalue weighted by atomic mass is 10.0. The molecule has 0 unspecified atom stereocenters. The fraction of sp³-hybridized carbons (Fsp3) is 0.941. The lowest BCUT2D eigenvalue weighted by Crippen LogP contribution is -2.53. The van der Waals surface area contributed by atoms with Crippen molar-refractivity contribution in [2.75, 3.05) is 66.7 Å². The molecule has 2 aliphatic heterocycles. The molecule has 7 nitrogen and oxygen atoms in total. The molecule has 2 amide bonds. The standard InChI is InChI=1S/C17H34N4O3/c1-23-13-7-18-15-3-9-20(10-4-15)17(22)21-11-5-16(6-12-21)19-8-14-24-2/h15-16,18-19H,3-14H2,1-2H3. The highest BCUT2D eigenvalue weighted by atomic mass is 16.5. The highest BCUT2D eigenvalue weighted by Gasteiger charge is 2.28. The maximum absolute atomic E-state index is 12.7. The zero-order chi connectivity index (χ0) is 17.2. The number of nitrogens with one attached hydrogen (secondary N) is 2. The monoisotopic (exact) mass is 342 g/mol. The summed E-state index contributed by atoms with van der Waals surface area (Å²) in [6.07, 6.45) is 4.13. The van der Waals surface area contributed by atoms with E-state index in [9.17, 15) is 4.79 Å². The first-order chi connectivity index (χ1) is 11.7. The quantitative estimate of drug-likeness (QED) is 0.629. The van der Waals surface area contributed by atoms with E-state index in [0.29, 0.717) is 12.1 Å². The van der Waals surface area contributed by atoms with Crippen molar-refractivity contribution in [2.45, 2.75) is 37.8 Å². The predicted octanol–water partition coefficient (Wildman–Crippen LogP) is 0.507. The lowest BCUT2D eigenvalue weighted by molar-refractivity contribution is 0.120. The topological polar surface area (TPSA) is 66.1 Å². The summed E-state index contributed by atoms with van der Waals surface area (Å²) in [5, 5.41) is 6.99. The average molecular weight is 342 g/mol. The Balaban J connectivity index is 1.63. The number of carbonyl (C=O) groups is 1. The van der Waals surface area contributed by atoms with Crippen LogP contribution in [0.2, 0.25) is 0 Å². The van der Waals surface area contributed by atoms with Gasteiger partial charge in [-0.3, -0.25) is 0 Å². The van der Waals surface area contributed by atoms with E-state index in [1.54, 1.807) is 14.2 Å². The molecule has 0 bridgehead atoms. The zero-order valence-corrected chi connectivity index (χ0v) is 15.3. The summed E-state index contributed by atoms with van der Waals surface area (Å²) in [6.45, 7) is 6.69. The molecule has 2 N–H and O–H groups in total. The van der Waals surface area contributed by atoms with Crippen LogP contribution in [0.1, 0.15) is 25.7 Å². The van der Waals surface area contributed by atoms with E-state index in [1.807, 2.05) is 9.80 Å². The first-order valence-electron chi connectivity index (χ1n) is 9.23. The Morgan fingerprint density at radius 1 is 0.833 bits per heavy atom. The van der Waals surface area contributed by atoms with Crippen molar-refractivity contribution in [3.8, 4) is 0 Å². The SMILES string of the molecule is COCCNC1CCN(C(=O)N2CCC(NCCOC)CC2)CC1. The highest BCUT2D eigenvalue weighted by molar-refractivity contribution is 5.74. The van der Waals surface area contributed by atoms with Crippen molar-refractivity contribution in [1.29, 1.82) is 0 Å². The van der Waals surface area contributed by atoms with Crippen LogP contribution >= 0.6 is 0 Å². The number of rotatable bonds is 8. The van der Waals surface area contributed by atoms with Crippen LogP contribution in [-0.2, 0) is 9.47 Å². The summed E-state index contributed by atoms with van der Waals surface area (Å²) in [5.74, 6) is 0. The highest BCUT2D eigenvalue weighted by Crippen LogP contribution is 2.16. The van der Waals surface area contributed by atoms with Crippen molar-refractivity contribution in [2.24, 2.45) is 0 Å². The Morgan fingerprint density at radius 3 is 1.54 bits per heavy atom. The molecule has 0 spiro atoms. The van der Waals surface area contributed by atoms with Gasteiger partial charge in [0.05, 0.1) is 13.2 Å². The van der Waals surface area contributed by atoms with E-state index in [-0.39, 0.29) is 6.03 Å². The minimum Gasteiger partial charge on any atom is -0.383 e. The second-order valence-electron chi connectivity index (χ2n) is 6.70. The number of piperidine rings is 2. The minimum absolute atomic E-state index is 0.223. The number of urea groups is 1. The predicted molar refractivity (Wildman–Crippen MR) is 94.3 cm³/mol. The van der Waals surface area contributed by atoms with Gasteiger partial charge in [-0.15, -0.1) is 0 Å². The van der Waals surface area contributed by atoms with Gasteiger partial charge in [-0.1, -0.05) is 0 Å². The summed E-state index contributed by atoms with van der Waals surface area (Å²) in [4.78, 5) is 16.7. The van der Waals surface area contributed by atoms with Gasteiger partial charge in [-0.25, -0.2) is 4.79 Å². The summed E-state index contributed by atoms with van der Waals surface area (Å²) in [7, 11) is 3.44. The molecule has 0 aromatic heterocycles. The molecule has 2 fully saturated rings. The summed E-state index contributed by atoms with van der Waals surface area (Å²) < 4.78 is 10.1. The number of hydrogen-bond donors (Lipinski definition) is 2. The van der Waals surface area contributed by atoms with E-state index in [4.69, 9.17) is 9.47 Å². The second-order valence-corrected chi connectivity index (χ2v) is 6.70. The van der Waals surface area contributed by atoms with Gasteiger partial charge < -0.3 is 29.9 Å². The molecule has 0 aromatic rings. The molecule has 0 aliphatic carbocycles. The van der Waals surface area contributed by atoms with Crippen molar-refractivity contribution < 1.29 is 14.3 Å². The Bertz CT molecular complexity index is 322. The molecular formula is C17H34N4O3. The largest absolute Gasteiger partial charge is 0.383 e. The third-order valence-corrected chi connectivity index (χ3v) is 5.01. The van der Waals surface area contributed by atoms with Crippen LogP contribution in [0.5, 0.6) is 0 Å². The number of likely N-dealkylation sites (tertiary alicyclic amines) is 2. The van der Waals surface area contributed by atoms with E-state index >= 15 is 0 Å². The lowest BCUT2D eigenvalue weighted by Gasteiger charge is -2.39. The normalized spacial score (nSPS) is 20.6. The van der Waals surface area contributed by atoms with Crippen LogP contribution in [-0.4, -0.2) is 94.6 Å². The van der Waals surface area contributed by atoms with Crippen molar-refractivity contribution in [3.05, 3.63) is 0 Å². The first kappa shape index (κ1) is 19.4. The Hall–Kier alpha value is -0.890. The van der Waals surface area contributed by atoms with Crippen molar-refractivity contribution in [1.82, 2.24) is 20.4 Å². The van der Waals surface area contributed by atoms with Crippen molar-refractivity contribution >= 4 is 6.03 Å². The van der Waals surface area contributed by atoms with Gasteiger partial charge in [0.15, 0.2) is 0 Å². The molecule has 0 aromatic carbocycles. The van der Waals surface area contributed by atoms with E-state index < -0.39 is 0 Å². The van der Waals surface area contributed by atoms with Gasteiger partial charge in [0.25, 0.3) is 0 Å². The van der Waals surface area contributed by atoms with Gasteiger partial charge in [0.1, 0.15) is 0 Å². The summed E-state index contributed by atoms with van der Waals surface area (Å²) in [6, 6.07) is 1.25. The van der Waals surface area contributed by atoms with Gasteiger partial charge in [0, 0.05) is 65.6 Å². The molecule has 24 heavy (non-hydrogen) atoms. The number of ether oxygens (including phenoxy) is 2. The molecule has 0 atom stereocenters. The summed E-state index contributed by atoms with van der Waals surface area (Å²) in [5.41, 5.74) is 0. The molecule has 0 radical (unpaired) electrons. The molecule has 2 rings (SSSR count). The van der Waals surface area contributed by atoms with Gasteiger partial charge in [-0.05, 0) is 25.7 Å². The third-order valence-electron chi connectivity index (χ3n) is 5.01. The number of carbonyl (C=O) groups excluding carboxylic acids is 1. The van der Waals surface area contributed by atoms with Crippen LogP contribution in [0, 0.1) is 0 Å². The molecule has 140 valence electrons. The molecule has 2 aliphatic rings. The van der Waals surface area contributed by atoms with Crippen molar-refractivity contribution in [3.63, 3.8) is 0 Å². The minimum atomic E-state index is 0.223. The van der Waals surface area contributed by atoms with Crippen LogP contribution in [0.15, 0.2) is 0 Å². The van der Waals surface area contributed by atoms with E-state index in [2.05, 4.69) is 10.6 Å². The summed E-state index contributed by atoms with van der Waals surface area (Å²) >= 11 is 0. The van der Waals surface area contributed by atoms with Gasteiger partial charge in [-0.2, -0.15) is 0 Å². The van der Waals surface area contributed by atoms with Crippen LogP contribution in [0.25, 0.3) is 0 Å². The van der Waals surface area contributed by atoms with Gasteiger partial charge >= 0.3 is 6.03 Å². The van der Waals surface area contributed by atoms with Crippen LogP contribution in [0.3, 0.4) is 0 Å². The Labute approximate surface area is 146 Å². The molecule has 0 saturated carbocycles. The number of amides is 2. The molecule has 2 heterocycles. The Kier molecular flexibility index (Phi) is 8.80. The second kappa shape index (κ2) is 10.9. The fourth-order valence-corrected chi connectivity index (χ4v) is 3.48. The third kappa shape index (κ3) is 6.20. The number of methoxy groups -OCH3 is 2. The maximum Gasteiger partial charge on any atom is 0.320 e. The number of hydrogen-bond acceptors (Lipinski definition) is 5. The Morgan fingerprint density at radius 2 is 1.21 bits per heavy atom. The first-order valence-corrected chi connectivity index (χ1v) is 9.23. The van der Waals surface area contributed by atoms with E-state index in [0.717, 1.165) is 78.2 Å². The molecule has 7 heteroatoms. The average Bonchev–Trinajstić information content (AvgIpc) is 2.63. The van der Waals surface area contributed by atoms with Crippen LogP contribution < -0.4 is 10.6 Å². The maximum atomic E-state index is 12.7. The fourth-order valence-electron chi connectivity index (χ4n) is 3.48. The van der Waals surface area contributed by atoms with Gasteiger partial charge in [0.2, 0.25) is 0 Å². The zero-order valence-electron chi connectivity index (χ0n) is 15.3. The van der Waals surface area contributed by atoms with Crippen LogP contribution in [0.4, 0.5) is 4.79 Å². The smallest absolute Gasteiger partial charge is 0.320 e. The molecular weight excluding hydrogens is 308 g/mol. The molecule has 2 saturated heterocycles. The number of nitrogens with zero attached hydrogens (tertiary/aromatic N) is 2.